The van der Waals surface area contributed by atoms with Crippen molar-refractivity contribution in [3.05, 3.63) is 71.5 Å². The Labute approximate surface area is 248 Å². The summed E-state index contributed by atoms with van der Waals surface area (Å²) >= 11 is 2.35. The lowest BCUT2D eigenvalue weighted by molar-refractivity contribution is 0.171. The highest BCUT2D eigenvalue weighted by atomic mass is 127. The van der Waals surface area contributed by atoms with Crippen LogP contribution in [0.2, 0.25) is 0 Å². The predicted octanol–water partition coefficient (Wildman–Crippen LogP) is 5.88. The van der Waals surface area contributed by atoms with Crippen molar-refractivity contribution in [3.63, 3.8) is 0 Å². The number of nitrogens with zero attached hydrogens (tertiary/aromatic N) is 5. The number of hydrogen-bond donors (Lipinski definition) is 4. The number of nitrogens with two attached hydrogens (primary N) is 1. The molecule has 0 amide bonds. The van der Waals surface area contributed by atoms with Gasteiger partial charge in [-0.3, -0.25) is 0 Å². The molecule has 0 aliphatic heterocycles. The molecule has 10 heteroatoms. The molecule has 1 saturated carbocycles. The zero-order valence-corrected chi connectivity index (χ0v) is 25.0. The van der Waals surface area contributed by atoms with Crippen LogP contribution in [0.25, 0.3) is 22.4 Å². The molecule has 0 spiro atoms. The molecule has 2 atom stereocenters. The summed E-state index contributed by atoms with van der Waals surface area (Å²) in [6.07, 6.45) is 4.01. The maximum absolute atomic E-state index is 10.8. The topological polar surface area (TPSA) is 134 Å². The van der Waals surface area contributed by atoms with E-state index in [2.05, 4.69) is 61.7 Å². The summed E-state index contributed by atoms with van der Waals surface area (Å²) in [6.45, 7) is 4.85. The third kappa shape index (κ3) is 6.07. The third-order valence-electron chi connectivity index (χ3n) is 7.80. The van der Waals surface area contributed by atoms with Crippen LogP contribution in [0.5, 0.6) is 0 Å². The summed E-state index contributed by atoms with van der Waals surface area (Å²) in [5.41, 5.74) is 10.9. The quantitative estimate of drug-likeness (QED) is 0.0443. The first-order valence-electron chi connectivity index (χ1n) is 13.8. The highest BCUT2D eigenvalue weighted by molar-refractivity contribution is 14.1. The summed E-state index contributed by atoms with van der Waals surface area (Å²) < 4.78 is 3.03. The zero-order chi connectivity index (χ0) is 28.2. The van der Waals surface area contributed by atoms with Crippen LogP contribution in [0, 0.1) is 11.8 Å². The Bertz CT molecular complexity index is 1480. The molecule has 2 aromatic carbocycles. The first-order chi connectivity index (χ1) is 19.4. The summed E-state index contributed by atoms with van der Waals surface area (Å²) in [5, 5.41) is 26.9. The van der Waals surface area contributed by atoms with Crippen molar-refractivity contribution >= 4 is 45.5 Å². The lowest BCUT2D eigenvalue weighted by atomic mass is 9.83. The van der Waals surface area contributed by atoms with Crippen LogP contribution >= 0.6 is 22.6 Å². The Hall–Kier alpha value is -3.25. The molecular weight excluding hydrogens is 617 g/mol. The van der Waals surface area contributed by atoms with Crippen molar-refractivity contribution in [2.24, 2.45) is 22.7 Å². The predicted molar refractivity (Wildman–Crippen MR) is 167 cm³/mol. The van der Waals surface area contributed by atoms with Crippen LogP contribution in [-0.4, -0.2) is 41.8 Å². The fraction of sp³-hybridized carbons (Fsp3) is 0.400. The van der Waals surface area contributed by atoms with E-state index in [1.54, 1.807) is 6.92 Å². The lowest BCUT2D eigenvalue weighted by Gasteiger charge is -2.28. The number of amidine groups is 1. The fourth-order valence-corrected chi connectivity index (χ4v) is 6.01. The highest BCUT2D eigenvalue weighted by Crippen LogP contribution is 2.35. The molecule has 1 aliphatic carbocycles. The number of nitrogens with one attached hydrogen (secondary N) is 1. The number of aromatic nitrogens is 4. The largest absolute Gasteiger partial charge is 0.409 e. The number of aliphatic hydroxyl groups is 1. The van der Waals surface area contributed by atoms with E-state index >= 15 is 0 Å². The van der Waals surface area contributed by atoms with E-state index in [1.807, 2.05) is 42.5 Å². The maximum Gasteiger partial charge on any atom is 0.208 e. The molecule has 1 fully saturated rings. The molecule has 210 valence electrons. The van der Waals surface area contributed by atoms with E-state index in [1.165, 1.54) is 18.4 Å². The van der Waals surface area contributed by atoms with E-state index in [-0.39, 0.29) is 17.7 Å². The maximum atomic E-state index is 10.8. The molecule has 5 N–H and O–H groups in total. The number of rotatable bonds is 9. The van der Waals surface area contributed by atoms with E-state index in [9.17, 15) is 10.3 Å². The molecular formula is C30H36IN7O2. The minimum Gasteiger partial charge on any atom is -0.409 e. The van der Waals surface area contributed by atoms with Gasteiger partial charge in [-0.15, -0.1) is 0 Å². The van der Waals surface area contributed by atoms with Crippen molar-refractivity contribution in [1.29, 1.82) is 0 Å². The number of aliphatic hydroxyl groups excluding tert-OH is 1. The van der Waals surface area contributed by atoms with Gasteiger partial charge in [-0.25, -0.2) is 9.97 Å². The SMILES string of the molecule is CC1CCC(Cn2c(N[C@H](c3ccccc3)[C@H](C)O)nc3nc(/C(N)=N/O)nc(-c4cccc(CI)c4)c32)CC1. The third-order valence-corrected chi connectivity index (χ3v) is 8.68. The first kappa shape index (κ1) is 28.3. The van der Waals surface area contributed by atoms with Crippen molar-refractivity contribution in [2.75, 3.05) is 5.32 Å². The summed E-state index contributed by atoms with van der Waals surface area (Å²) in [5.74, 6) is 1.77. The van der Waals surface area contributed by atoms with Gasteiger partial charge in [0.05, 0.1) is 12.1 Å². The molecule has 1 aliphatic rings. The number of benzene rings is 2. The van der Waals surface area contributed by atoms with Gasteiger partial charge in [0.2, 0.25) is 17.6 Å². The molecule has 0 unspecified atom stereocenters. The standard InChI is InChI=1S/C30H36IN7O2/c1-18-11-13-20(14-12-18)17-38-26-25(23-10-6-7-21(15-23)16-31)33-29(27(32)37-40)35-28(26)36-30(38)34-24(19(2)39)22-8-4-3-5-9-22/h3-10,15,18-20,24,39-40H,11-14,16-17H2,1-2H3,(H2,32,37)(H,33,34,35,36)/t18?,19-,20?,24-/m0/s1. The monoisotopic (exact) mass is 653 g/mol. The number of anilines is 1. The number of halogens is 1. The number of imidazole rings is 1. The number of hydrogen-bond acceptors (Lipinski definition) is 7. The van der Waals surface area contributed by atoms with Gasteiger partial charge >= 0.3 is 0 Å². The van der Waals surface area contributed by atoms with Gasteiger partial charge in [0, 0.05) is 16.5 Å². The minimum atomic E-state index is -0.676. The molecule has 40 heavy (non-hydrogen) atoms. The average molecular weight is 654 g/mol. The van der Waals surface area contributed by atoms with Crippen LogP contribution in [0.15, 0.2) is 59.8 Å². The Balaban J connectivity index is 1.71. The van der Waals surface area contributed by atoms with Crippen LogP contribution in [0.1, 0.15) is 62.5 Å². The van der Waals surface area contributed by atoms with Gasteiger partial charge in [0.15, 0.2) is 5.65 Å². The number of alkyl halides is 1. The summed E-state index contributed by atoms with van der Waals surface area (Å²) in [4.78, 5) is 14.4. The van der Waals surface area contributed by atoms with Crippen LogP contribution in [0.4, 0.5) is 5.95 Å². The molecule has 0 radical (unpaired) electrons. The fourth-order valence-electron chi connectivity index (χ4n) is 5.54. The summed E-state index contributed by atoms with van der Waals surface area (Å²) in [6, 6.07) is 17.7. The Morgan fingerprint density at radius 2 is 1.85 bits per heavy atom. The van der Waals surface area contributed by atoms with Crippen LogP contribution < -0.4 is 11.1 Å². The smallest absolute Gasteiger partial charge is 0.208 e. The van der Waals surface area contributed by atoms with E-state index in [0.29, 0.717) is 23.2 Å². The molecule has 2 aromatic heterocycles. The molecule has 4 aromatic rings. The zero-order valence-electron chi connectivity index (χ0n) is 22.8. The van der Waals surface area contributed by atoms with Gasteiger partial charge < -0.3 is 25.9 Å². The Kier molecular flexibility index (Phi) is 8.84. The molecule has 0 saturated heterocycles. The minimum absolute atomic E-state index is 0.114. The number of fused-ring (bicyclic) bond motifs is 1. The first-order valence-corrected chi connectivity index (χ1v) is 15.3. The Morgan fingerprint density at radius 3 is 2.52 bits per heavy atom. The molecule has 9 nitrogen and oxygen atoms in total. The highest BCUT2D eigenvalue weighted by Gasteiger charge is 2.27. The Morgan fingerprint density at radius 1 is 1.10 bits per heavy atom. The van der Waals surface area contributed by atoms with Gasteiger partial charge in [0.1, 0.15) is 11.2 Å². The van der Waals surface area contributed by atoms with E-state index in [0.717, 1.165) is 46.4 Å². The molecule has 0 bridgehead atoms. The average Bonchev–Trinajstić information content (AvgIpc) is 3.32. The second kappa shape index (κ2) is 12.5. The van der Waals surface area contributed by atoms with Gasteiger partial charge in [-0.2, -0.15) is 4.98 Å². The lowest BCUT2D eigenvalue weighted by Crippen LogP contribution is -2.26. The number of oxime groups is 1. The van der Waals surface area contributed by atoms with Crippen LogP contribution in [0.3, 0.4) is 0 Å². The molecule has 5 rings (SSSR count). The van der Waals surface area contributed by atoms with E-state index < -0.39 is 6.10 Å². The van der Waals surface area contributed by atoms with Crippen molar-refractivity contribution in [2.45, 2.75) is 62.6 Å². The second-order valence-corrected chi connectivity index (χ2v) is 11.6. The van der Waals surface area contributed by atoms with Gasteiger partial charge in [-0.1, -0.05) is 96.0 Å². The second-order valence-electron chi connectivity index (χ2n) is 10.8. The van der Waals surface area contributed by atoms with Gasteiger partial charge in [-0.05, 0) is 48.8 Å². The van der Waals surface area contributed by atoms with Crippen molar-refractivity contribution in [1.82, 2.24) is 19.5 Å². The van der Waals surface area contributed by atoms with Crippen molar-refractivity contribution < 1.29 is 10.3 Å². The molecule has 2 heterocycles. The normalized spacial score (nSPS) is 19.4. The van der Waals surface area contributed by atoms with E-state index in [4.69, 9.17) is 15.7 Å². The van der Waals surface area contributed by atoms with Crippen molar-refractivity contribution in [3.8, 4) is 11.3 Å². The van der Waals surface area contributed by atoms with Crippen LogP contribution in [-0.2, 0) is 11.0 Å². The summed E-state index contributed by atoms with van der Waals surface area (Å²) in [7, 11) is 0. The van der Waals surface area contributed by atoms with Gasteiger partial charge in [0.25, 0.3) is 0 Å².